The molecular formula is C17H21FN3O4+. The van der Waals surface area contributed by atoms with Gasteiger partial charge < -0.3 is 15.4 Å². The van der Waals surface area contributed by atoms with Crippen molar-refractivity contribution in [2.45, 2.75) is 25.3 Å². The van der Waals surface area contributed by atoms with Crippen LogP contribution in [0.25, 0.3) is 0 Å². The normalized spacial score (nSPS) is 26.8. The zero-order chi connectivity index (χ0) is 18.1. The number of hydrogen-bond acceptors (Lipinski definition) is 4. The van der Waals surface area contributed by atoms with Crippen molar-refractivity contribution < 1.29 is 28.4 Å². The van der Waals surface area contributed by atoms with Crippen LogP contribution in [0, 0.1) is 11.7 Å². The molecule has 2 heterocycles. The Morgan fingerprint density at radius 3 is 2.56 bits per heavy atom. The van der Waals surface area contributed by atoms with E-state index in [1.54, 1.807) is 0 Å². The Morgan fingerprint density at radius 2 is 2.00 bits per heavy atom. The molecule has 2 saturated heterocycles. The molecule has 25 heavy (non-hydrogen) atoms. The van der Waals surface area contributed by atoms with Crippen molar-refractivity contribution in [1.29, 1.82) is 0 Å². The Balaban J connectivity index is 1.75. The number of methoxy groups -OCH3 is 1. The summed E-state index contributed by atoms with van der Waals surface area (Å²) in [6, 6.07) is 3.52. The number of halogens is 1. The van der Waals surface area contributed by atoms with E-state index in [0.717, 1.165) is 15.9 Å². The largest absolute Gasteiger partial charge is 0.494 e. The molecular weight excluding hydrogens is 329 g/mol. The number of nitrogens with two attached hydrogens (primary N) is 1. The highest BCUT2D eigenvalue weighted by atomic mass is 19.1. The zero-order valence-corrected chi connectivity index (χ0v) is 14.0. The Hall–Kier alpha value is -2.48. The van der Waals surface area contributed by atoms with Crippen molar-refractivity contribution in [3.05, 3.63) is 24.0 Å². The van der Waals surface area contributed by atoms with Gasteiger partial charge in [-0.3, -0.25) is 14.4 Å². The maximum absolute atomic E-state index is 13.9. The number of quaternary nitrogens is 1. The molecule has 1 aromatic carbocycles. The van der Waals surface area contributed by atoms with Crippen molar-refractivity contribution in [2.75, 3.05) is 25.1 Å². The number of likely N-dealkylation sites (tertiary alicyclic amines) is 1. The third-order valence-corrected chi connectivity index (χ3v) is 5.06. The molecule has 0 saturated carbocycles. The lowest BCUT2D eigenvalue weighted by Crippen LogP contribution is -3.17. The summed E-state index contributed by atoms with van der Waals surface area (Å²) < 4.78 is 18.8. The zero-order valence-electron chi connectivity index (χ0n) is 14.0. The molecule has 0 spiro atoms. The SMILES string of the molecule is COc1ccc(N2C(=O)CC([NH+]3CCC(C(N)=O)CC3)C2=O)cc1F. The second kappa shape index (κ2) is 6.79. The van der Waals surface area contributed by atoms with Crippen LogP contribution in [-0.4, -0.2) is 44.0 Å². The van der Waals surface area contributed by atoms with E-state index in [9.17, 15) is 18.8 Å². The summed E-state index contributed by atoms with van der Waals surface area (Å²) in [6.07, 6.45) is 1.31. The predicted molar refractivity (Wildman–Crippen MR) is 86.5 cm³/mol. The first-order valence-electron chi connectivity index (χ1n) is 8.26. The molecule has 0 bridgehead atoms. The van der Waals surface area contributed by atoms with E-state index in [1.807, 2.05) is 0 Å². The van der Waals surface area contributed by atoms with Crippen molar-refractivity contribution in [3.8, 4) is 5.75 Å². The molecule has 3 N–H and O–H groups in total. The third kappa shape index (κ3) is 3.21. The van der Waals surface area contributed by atoms with Crippen LogP contribution in [-0.2, 0) is 14.4 Å². The molecule has 0 radical (unpaired) electrons. The molecule has 1 atom stereocenters. The van der Waals surface area contributed by atoms with Gasteiger partial charge in [-0.25, -0.2) is 9.29 Å². The van der Waals surface area contributed by atoms with Crippen molar-refractivity contribution in [1.82, 2.24) is 0 Å². The van der Waals surface area contributed by atoms with Crippen LogP contribution in [0.2, 0.25) is 0 Å². The van der Waals surface area contributed by atoms with Crippen LogP contribution in [0.15, 0.2) is 18.2 Å². The van der Waals surface area contributed by atoms with Gasteiger partial charge in [-0.1, -0.05) is 0 Å². The molecule has 3 amide bonds. The highest BCUT2D eigenvalue weighted by Crippen LogP contribution is 2.27. The van der Waals surface area contributed by atoms with Gasteiger partial charge in [-0.15, -0.1) is 0 Å². The average molecular weight is 350 g/mol. The monoisotopic (exact) mass is 350 g/mol. The third-order valence-electron chi connectivity index (χ3n) is 5.06. The van der Waals surface area contributed by atoms with Crippen LogP contribution in [0.4, 0.5) is 10.1 Å². The molecule has 3 rings (SSSR count). The Morgan fingerprint density at radius 1 is 1.32 bits per heavy atom. The number of imide groups is 1. The fourth-order valence-corrected chi connectivity index (χ4v) is 3.64. The van der Waals surface area contributed by atoms with E-state index < -0.39 is 11.9 Å². The van der Waals surface area contributed by atoms with Crippen LogP contribution in [0.1, 0.15) is 19.3 Å². The second-order valence-electron chi connectivity index (χ2n) is 6.48. The summed E-state index contributed by atoms with van der Waals surface area (Å²) in [5, 5.41) is 0. The first-order chi connectivity index (χ1) is 11.9. The Kier molecular flexibility index (Phi) is 4.71. The van der Waals surface area contributed by atoms with E-state index >= 15 is 0 Å². The van der Waals surface area contributed by atoms with Gasteiger partial charge in [0, 0.05) is 24.8 Å². The minimum atomic E-state index is -0.626. The number of nitrogens with zero attached hydrogens (tertiary/aromatic N) is 1. The summed E-state index contributed by atoms with van der Waals surface area (Å²) >= 11 is 0. The molecule has 0 aliphatic carbocycles. The van der Waals surface area contributed by atoms with Gasteiger partial charge >= 0.3 is 0 Å². The van der Waals surface area contributed by atoms with E-state index in [-0.39, 0.29) is 41.5 Å². The molecule has 1 unspecified atom stereocenters. The van der Waals surface area contributed by atoms with Gasteiger partial charge in [-0.2, -0.15) is 0 Å². The fraction of sp³-hybridized carbons (Fsp3) is 0.471. The van der Waals surface area contributed by atoms with Gasteiger partial charge in [-0.05, 0) is 12.1 Å². The number of benzene rings is 1. The lowest BCUT2D eigenvalue weighted by atomic mass is 9.95. The van der Waals surface area contributed by atoms with Crippen LogP contribution in [0.3, 0.4) is 0 Å². The first kappa shape index (κ1) is 17.3. The smallest absolute Gasteiger partial charge is 0.292 e. The molecule has 2 aliphatic rings. The number of rotatable bonds is 4. The first-order valence-corrected chi connectivity index (χ1v) is 8.26. The average Bonchev–Trinajstić information content (AvgIpc) is 2.89. The van der Waals surface area contributed by atoms with Crippen LogP contribution < -0.4 is 20.3 Å². The molecule has 1 aromatic rings. The van der Waals surface area contributed by atoms with Crippen LogP contribution in [0.5, 0.6) is 5.75 Å². The molecule has 2 aliphatic heterocycles. The maximum Gasteiger partial charge on any atom is 0.292 e. The standard InChI is InChI=1S/C17H20FN3O4/c1-25-14-3-2-11(8-12(14)18)21-15(22)9-13(17(21)24)20-6-4-10(5-7-20)16(19)23/h2-3,8,10,13H,4-7,9H2,1H3,(H2,19,23)/p+1. The molecule has 134 valence electrons. The number of carbonyl (C=O) groups is 3. The van der Waals surface area contributed by atoms with Gasteiger partial charge in [0.1, 0.15) is 0 Å². The lowest BCUT2D eigenvalue weighted by molar-refractivity contribution is -0.920. The lowest BCUT2D eigenvalue weighted by Gasteiger charge is -2.30. The Bertz CT molecular complexity index is 716. The van der Waals surface area contributed by atoms with E-state index in [4.69, 9.17) is 10.5 Å². The highest BCUT2D eigenvalue weighted by molar-refractivity contribution is 6.21. The number of piperidine rings is 1. The predicted octanol–water partition coefficient (Wildman–Crippen LogP) is -0.754. The van der Waals surface area contributed by atoms with Gasteiger partial charge in [0.05, 0.1) is 32.3 Å². The van der Waals surface area contributed by atoms with Crippen molar-refractivity contribution in [3.63, 3.8) is 0 Å². The molecule has 0 aromatic heterocycles. The minimum absolute atomic E-state index is 0.0542. The van der Waals surface area contributed by atoms with Crippen molar-refractivity contribution in [2.24, 2.45) is 11.7 Å². The van der Waals surface area contributed by atoms with Gasteiger partial charge in [0.2, 0.25) is 11.8 Å². The quantitative estimate of drug-likeness (QED) is 0.699. The summed E-state index contributed by atoms with van der Waals surface area (Å²) in [7, 11) is 1.35. The van der Waals surface area contributed by atoms with Gasteiger partial charge in [0.15, 0.2) is 17.6 Å². The second-order valence-corrected chi connectivity index (χ2v) is 6.48. The Labute approximate surface area is 144 Å². The van der Waals surface area contributed by atoms with E-state index in [2.05, 4.69) is 0 Å². The number of nitrogens with one attached hydrogen (secondary N) is 1. The van der Waals surface area contributed by atoms with Crippen LogP contribution >= 0.6 is 0 Å². The summed E-state index contributed by atoms with van der Waals surface area (Å²) in [5.41, 5.74) is 5.54. The number of amides is 3. The number of hydrogen-bond donors (Lipinski definition) is 2. The molecule has 7 nitrogen and oxygen atoms in total. The number of primary amides is 1. The summed E-state index contributed by atoms with van der Waals surface area (Å²) in [5.74, 6) is -1.73. The number of ether oxygens (including phenoxy) is 1. The number of carbonyl (C=O) groups excluding carboxylic acids is 3. The fourth-order valence-electron chi connectivity index (χ4n) is 3.64. The van der Waals surface area contributed by atoms with E-state index in [0.29, 0.717) is 25.9 Å². The maximum atomic E-state index is 13.9. The molecule has 8 heteroatoms. The van der Waals surface area contributed by atoms with Gasteiger partial charge in [0.25, 0.3) is 5.91 Å². The van der Waals surface area contributed by atoms with E-state index in [1.165, 1.54) is 19.2 Å². The number of anilines is 1. The molecule has 2 fully saturated rings. The summed E-state index contributed by atoms with van der Waals surface area (Å²) in [4.78, 5) is 38.4. The minimum Gasteiger partial charge on any atom is -0.494 e. The summed E-state index contributed by atoms with van der Waals surface area (Å²) in [6.45, 7) is 1.23. The topological polar surface area (TPSA) is 94.1 Å². The highest BCUT2D eigenvalue weighted by Gasteiger charge is 2.47. The van der Waals surface area contributed by atoms with Crippen molar-refractivity contribution >= 4 is 23.4 Å².